The summed E-state index contributed by atoms with van der Waals surface area (Å²) in [5.41, 5.74) is 0.190. The molecule has 1 saturated carbocycles. The Kier molecular flexibility index (Phi) is 4.62. The van der Waals surface area contributed by atoms with Gasteiger partial charge in [0.05, 0.1) is 24.9 Å². The van der Waals surface area contributed by atoms with Gasteiger partial charge in [-0.05, 0) is 39.7 Å². The number of likely N-dealkylation sites (N-methyl/N-ethyl adjacent to an activating group) is 1. The monoisotopic (exact) mass is 255 g/mol. The lowest BCUT2D eigenvalue weighted by Crippen LogP contribution is -2.35. The van der Waals surface area contributed by atoms with Gasteiger partial charge in [0.15, 0.2) is 0 Å². The van der Waals surface area contributed by atoms with Crippen molar-refractivity contribution in [3.63, 3.8) is 0 Å². The summed E-state index contributed by atoms with van der Waals surface area (Å²) in [5.74, 6) is -0.145. The van der Waals surface area contributed by atoms with Crippen molar-refractivity contribution in [2.45, 2.75) is 57.2 Å². The van der Waals surface area contributed by atoms with Crippen molar-refractivity contribution in [1.82, 2.24) is 4.90 Å². The van der Waals surface area contributed by atoms with E-state index >= 15 is 0 Å². The molecule has 1 spiro atoms. The molecule has 2 fully saturated rings. The molecule has 1 atom stereocenters. The molecule has 1 saturated heterocycles. The van der Waals surface area contributed by atoms with Gasteiger partial charge in [-0.25, -0.2) is 0 Å². The fraction of sp³-hybridized carbons (Fsp3) is 0.929. The second-order valence-electron chi connectivity index (χ2n) is 5.67. The van der Waals surface area contributed by atoms with E-state index in [1.54, 1.807) is 0 Å². The Labute approximate surface area is 110 Å². The maximum absolute atomic E-state index is 11.4. The maximum Gasteiger partial charge on any atom is 0.320 e. The fourth-order valence-electron chi connectivity index (χ4n) is 3.25. The smallest absolute Gasteiger partial charge is 0.320 e. The van der Waals surface area contributed by atoms with Crippen LogP contribution in [0.2, 0.25) is 0 Å². The lowest BCUT2D eigenvalue weighted by atomic mass is 9.98. The average molecular weight is 255 g/mol. The van der Waals surface area contributed by atoms with Crippen molar-refractivity contribution in [3.8, 4) is 0 Å². The molecule has 0 aromatic heterocycles. The lowest BCUT2D eigenvalue weighted by Gasteiger charge is -2.25. The van der Waals surface area contributed by atoms with Gasteiger partial charge in [-0.15, -0.1) is 0 Å². The summed E-state index contributed by atoms with van der Waals surface area (Å²) in [6.45, 7) is 3.48. The number of carbonyl (C=O) groups excluding carboxylic acids is 1. The highest BCUT2D eigenvalue weighted by molar-refractivity contribution is 5.71. The largest absolute Gasteiger partial charge is 0.465 e. The van der Waals surface area contributed by atoms with E-state index in [2.05, 4.69) is 0 Å². The van der Waals surface area contributed by atoms with Crippen LogP contribution in [0.3, 0.4) is 0 Å². The Morgan fingerprint density at radius 2 is 2.11 bits per heavy atom. The Balaban J connectivity index is 1.72. The van der Waals surface area contributed by atoms with Crippen LogP contribution in [0, 0.1) is 0 Å². The molecule has 2 rings (SSSR count). The first kappa shape index (κ1) is 13.8. The average Bonchev–Trinajstić information content (AvgIpc) is 2.90. The van der Waals surface area contributed by atoms with Gasteiger partial charge < -0.3 is 9.47 Å². The number of esters is 1. The molecule has 0 bridgehead atoms. The highest BCUT2D eigenvalue weighted by atomic mass is 16.5. The molecule has 4 heteroatoms. The van der Waals surface area contributed by atoms with Crippen molar-refractivity contribution < 1.29 is 14.3 Å². The number of rotatable bonds is 5. The Hall–Kier alpha value is -0.610. The van der Waals surface area contributed by atoms with E-state index in [0.717, 1.165) is 13.0 Å². The molecule has 104 valence electrons. The second-order valence-corrected chi connectivity index (χ2v) is 5.67. The van der Waals surface area contributed by atoms with Crippen molar-refractivity contribution in [2.75, 3.05) is 26.7 Å². The van der Waals surface area contributed by atoms with E-state index in [9.17, 15) is 4.79 Å². The van der Waals surface area contributed by atoms with Crippen LogP contribution in [0.5, 0.6) is 0 Å². The molecule has 0 amide bonds. The van der Waals surface area contributed by atoms with Crippen LogP contribution in [-0.4, -0.2) is 49.3 Å². The van der Waals surface area contributed by atoms with Gasteiger partial charge in [-0.2, -0.15) is 0 Å². The van der Waals surface area contributed by atoms with Gasteiger partial charge in [0, 0.05) is 6.54 Å². The summed E-state index contributed by atoms with van der Waals surface area (Å²) in [7, 11) is 1.96. The highest BCUT2D eigenvalue weighted by Gasteiger charge is 2.42. The van der Waals surface area contributed by atoms with E-state index < -0.39 is 0 Å². The normalized spacial score (nSPS) is 26.1. The first-order valence-corrected chi connectivity index (χ1v) is 7.15. The molecule has 1 heterocycles. The molecule has 0 aromatic carbocycles. The quantitative estimate of drug-likeness (QED) is 0.704. The zero-order chi connectivity index (χ0) is 13.0. The van der Waals surface area contributed by atoms with Crippen LogP contribution in [0.1, 0.15) is 45.4 Å². The highest BCUT2D eigenvalue weighted by Crippen LogP contribution is 2.43. The zero-order valence-electron chi connectivity index (χ0n) is 11.6. The summed E-state index contributed by atoms with van der Waals surface area (Å²) in [5, 5.41) is 0. The minimum Gasteiger partial charge on any atom is -0.465 e. The Bertz CT molecular complexity index is 287. The van der Waals surface area contributed by atoms with Gasteiger partial charge in [0.1, 0.15) is 0 Å². The number of nitrogens with zero attached hydrogens (tertiary/aromatic N) is 1. The summed E-state index contributed by atoms with van der Waals surface area (Å²) < 4.78 is 11.2. The molecular formula is C14H25NO3. The predicted octanol–water partition coefficient (Wildman–Crippen LogP) is 1.97. The molecule has 0 aromatic rings. The Morgan fingerprint density at radius 1 is 1.39 bits per heavy atom. The first-order valence-electron chi connectivity index (χ1n) is 7.15. The van der Waals surface area contributed by atoms with E-state index in [0.29, 0.717) is 19.3 Å². The summed E-state index contributed by atoms with van der Waals surface area (Å²) in [6.07, 6.45) is 7.70. The maximum atomic E-state index is 11.4. The third-order valence-corrected chi connectivity index (χ3v) is 4.07. The third-order valence-electron chi connectivity index (χ3n) is 4.07. The number of carbonyl (C=O) groups is 1. The van der Waals surface area contributed by atoms with Crippen molar-refractivity contribution >= 4 is 5.97 Å². The molecule has 1 aliphatic heterocycles. The molecule has 1 aliphatic carbocycles. The van der Waals surface area contributed by atoms with Crippen LogP contribution >= 0.6 is 0 Å². The van der Waals surface area contributed by atoms with Crippen molar-refractivity contribution in [3.05, 3.63) is 0 Å². The number of hydrogen-bond donors (Lipinski definition) is 0. The van der Waals surface area contributed by atoms with Gasteiger partial charge in [0.2, 0.25) is 0 Å². The standard InChI is InChI=1S/C14H25NO3/c1-3-17-13(16)11-15(2)10-12-6-9-14(18-12)7-4-5-8-14/h12H,3-11H2,1-2H3. The van der Waals surface area contributed by atoms with E-state index in [4.69, 9.17) is 9.47 Å². The van der Waals surface area contributed by atoms with Crippen LogP contribution in [-0.2, 0) is 14.3 Å². The molecule has 1 unspecified atom stereocenters. The summed E-state index contributed by atoms with van der Waals surface area (Å²) in [6, 6.07) is 0. The zero-order valence-corrected chi connectivity index (χ0v) is 11.6. The summed E-state index contributed by atoms with van der Waals surface area (Å²) in [4.78, 5) is 13.4. The topological polar surface area (TPSA) is 38.8 Å². The number of ether oxygens (including phenoxy) is 2. The molecule has 4 nitrogen and oxygen atoms in total. The van der Waals surface area contributed by atoms with E-state index in [1.165, 1.54) is 32.1 Å². The third kappa shape index (κ3) is 3.45. The first-order chi connectivity index (χ1) is 8.63. The van der Waals surface area contributed by atoms with Crippen molar-refractivity contribution in [1.29, 1.82) is 0 Å². The van der Waals surface area contributed by atoms with E-state index in [1.807, 2.05) is 18.9 Å². The predicted molar refractivity (Wildman–Crippen MR) is 69.4 cm³/mol. The van der Waals surface area contributed by atoms with Gasteiger partial charge in [0.25, 0.3) is 0 Å². The minimum atomic E-state index is -0.145. The molecule has 0 N–H and O–H groups in total. The van der Waals surface area contributed by atoms with Crippen LogP contribution in [0.25, 0.3) is 0 Å². The molecule has 0 radical (unpaired) electrons. The SMILES string of the molecule is CCOC(=O)CN(C)CC1CCC2(CCCC2)O1. The molecular weight excluding hydrogens is 230 g/mol. The second kappa shape index (κ2) is 6.02. The fourth-order valence-corrected chi connectivity index (χ4v) is 3.25. The number of hydrogen-bond acceptors (Lipinski definition) is 4. The summed E-state index contributed by atoms with van der Waals surface area (Å²) >= 11 is 0. The molecule has 18 heavy (non-hydrogen) atoms. The molecule has 2 aliphatic rings. The van der Waals surface area contributed by atoms with Crippen LogP contribution < -0.4 is 0 Å². The Morgan fingerprint density at radius 3 is 2.78 bits per heavy atom. The van der Waals surface area contributed by atoms with Gasteiger partial charge in [-0.3, -0.25) is 9.69 Å². The van der Waals surface area contributed by atoms with Gasteiger partial charge in [-0.1, -0.05) is 12.8 Å². The van der Waals surface area contributed by atoms with Gasteiger partial charge >= 0.3 is 5.97 Å². The lowest BCUT2D eigenvalue weighted by molar-refractivity contribution is -0.144. The van der Waals surface area contributed by atoms with Crippen molar-refractivity contribution in [2.24, 2.45) is 0 Å². The van der Waals surface area contributed by atoms with E-state index in [-0.39, 0.29) is 11.6 Å². The van der Waals surface area contributed by atoms with Crippen LogP contribution in [0.4, 0.5) is 0 Å². The minimum absolute atomic E-state index is 0.145. The van der Waals surface area contributed by atoms with Crippen LogP contribution in [0.15, 0.2) is 0 Å².